The second-order valence-electron chi connectivity index (χ2n) is 8.13. The molecule has 178 valence electrons. The molecule has 2 amide bonds. The van der Waals surface area contributed by atoms with Crippen LogP contribution in [-0.2, 0) is 6.54 Å². The van der Waals surface area contributed by atoms with Gasteiger partial charge in [0.25, 0.3) is 0 Å². The fourth-order valence-electron chi connectivity index (χ4n) is 4.20. The number of anilines is 3. The second kappa shape index (κ2) is 10.2. The first-order valence-electron chi connectivity index (χ1n) is 11.0. The van der Waals surface area contributed by atoms with E-state index in [1.807, 2.05) is 20.2 Å². The summed E-state index contributed by atoms with van der Waals surface area (Å²) in [5, 5.41) is 6.83. The van der Waals surface area contributed by atoms with Crippen LogP contribution in [0.4, 0.5) is 26.4 Å². The highest BCUT2D eigenvalue weighted by atomic mass is 35.5. The molecule has 0 bridgehead atoms. The number of carbonyl (C=O) groups excluding carboxylic acids is 1. The Balaban J connectivity index is 1.97. The molecule has 1 aliphatic heterocycles. The quantitative estimate of drug-likeness (QED) is 0.417. The lowest BCUT2D eigenvalue weighted by Crippen LogP contribution is -2.43. The van der Waals surface area contributed by atoms with Gasteiger partial charge in [0.2, 0.25) is 0 Å². The van der Waals surface area contributed by atoms with Gasteiger partial charge in [0.15, 0.2) is 0 Å². The number of carbonyl (C=O) groups is 1. The molecule has 2 aromatic carbocycles. The van der Waals surface area contributed by atoms with Crippen LogP contribution in [0.1, 0.15) is 18.9 Å². The number of nitrogens with zero attached hydrogens (tertiary/aromatic N) is 3. The van der Waals surface area contributed by atoms with Crippen molar-refractivity contribution in [3.63, 3.8) is 0 Å². The average Bonchev–Trinajstić information content (AvgIpc) is 2.83. The molecular weight excluding hydrogens is 476 g/mol. The summed E-state index contributed by atoms with van der Waals surface area (Å²) < 4.78 is 13.7. The van der Waals surface area contributed by atoms with E-state index in [0.29, 0.717) is 32.9 Å². The summed E-state index contributed by atoms with van der Waals surface area (Å²) >= 11 is 13.0. The van der Waals surface area contributed by atoms with Crippen molar-refractivity contribution in [2.24, 2.45) is 0 Å². The average molecular weight is 502 g/mol. The number of benzene rings is 2. The van der Waals surface area contributed by atoms with Crippen molar-refractivity contribution in [3.05, 3.63) is 70.0 Å². The normalized spacial score (nSPS) is 13.9. The highest BCUT2D eigenvalue weighted by molar-refractivity contribution is 6.40. The fraction of sp³-hybridized carbons (Fsp3) is 0.280. The van der Waals surface area contributed by atoms with Gasteiger partial charge in [0, 0.05) is 43.4 Å². The van der Waals surface area contributed by atoms with Gasteiger partial charge in [-0.1, -0.05) is 36.2 Å². The Bertz CT molecular complexity index is 1180. The molecule has 34 heavy (non-hydrogen) atoms. The Morgan fingerprint density at radius 3 is 2.50 bits per heavy atom. The Hall–Kier alpha value is -2.87. The number of fused-ring (bicyclic) bond motifs is 1. The maximum absolute atomic E-state index is 13.7. The highest BCUT2D eigenvalue weighted by Gasteiger charge is 2.32. The van der Waals surface area contributed by atoms with E-state index in [1.54, 1.807) is 30.3 Å². The smallest absolute Gasteiger partial charge is 0.326 e. The van der Waals surface area contributed by atoms with Gasteiger partial charge in [-0.15, -0.1) is 0 Å². The number of rotatable bonds is 7. The van der Waals surface area contributed by atoms with E-state index in [1.165, 1.54) is 17.0 Å². The van der Waals surface area contributed by atoms with Crippen LogP contribution >= 0.6 is 23.2 Å². The number of amides is 2. The SMILES string of the molecule is CCC(CNC)N(C)c1cc2c(c(-c3ccc(F)cc3)n1)CNC(=O)N2c1c(Cl)cccc1Cl. The molecule has 2 heterocycles. The number of urea groups is 1. The van der Waals surface area contributed by atoms with Crippen LogP contribution < -0.4 is 20.4 Å². The zero-order valence-corrected chi connectivity index (χ0v) is 20.7. The third-order valence-corrected chi connectivity index (χ3v) is 6.66. The van der Waals surface area contributed by atoms with Crippen molar-refractivity contribution in [2.75, 3.05) is 30.4 Å². The maximum Gasteiger partial charge on any atom is 0.326 e. The van der Waals surface area contributed by atoms with E-state index in [-0.39, 0.29) is 24.4 Å². The molecule has 0 saturated carbocycles. The number of pyridine rings is 1. The minimum Gasteiger partial charge on any atom is -0.355 e. The number of hydrogen-bond acceptors (Lipinski definition) is 4. The molecule has 0 radical (unpaired) electrons. The molecule has 2 N–H and O–H groups in total. The molecule has 9 heteroatoms. The first kappa shape index (κ1) is 24.3. The predicted octanol–water partition coefficient (Wildman–Crippen LogP) is 5.99. The van der Waals surface area contributed by atoms with Crippen molar-refractivity contribution in [2.45, 2.75) is 25.9 Å². The summed E-state index contributed by atoms with van der Waals surface area (Å²) in [6.07, 6.45) is 0.891. The number of aromatic nitrogens is 1. The van der Waals surface area contributed by atoms with E-state index < -0.39 is 0 Å². The van der Waals surface area contributed by atoms with Gasteiger partial charge in [-0.25, -0.2) is 14.2 Å². The summed E-state index contributed by atoms with van der Waals surface area (Å²) in [6, 6.07) is 13.0. The minimum absolute atomic E-state index is 0.173. The summed E-state index contributed by atoms with van der Waals surface area (Å²) in [7, 11) is 3.89. The van der Waals surface area contributed by atoms with Gasteiger partial charge in [0.1, 0.15) is 11.6 Å². The van der Waals surface area contributed by atoms with Crippen molar-refractivity contribution >= 4 is 46.4 Å². The Morgan fingerprint density at radius 1 is 1.21 bits per heavy atom. The van der Waals surface area contributed by atoms with E-state index in [2.05, 4.69) is 22.5 Å². The van der Waals surface area contributed by atoms with Crippen LogP contribution in [-0.4, -0.2) is 37.7 Å². The summed E-state index contributed by atoms with van der Waals surface area (Å²) in [5.41, 5.74) is 3.23. The number of hydrogen-bond donors (Lipinski definition) is 2. The zero-order valence-electron chi connectivity index (χ0n) is 19.2. The van der Waals surface area contributed by atoms with E-state index in [0.717, 1.165) is 24.1 Å². The molecule has 3 aromatic rings. The van der Waals surface area contributed by atoms with Gasteiger partial charge in [-0.2, -0.15) is 0 Å². The number of nitrogens with one attached hydrogen (secondary N) is 2. The van der Waals surface area contributed by atoms with E-state index >= 15 is 0 Å². The topological polar surface area (TPSA) is 60.5 Å². The molecule has 0 saturated heterocycles. The van der Waals surface area contributed by atoms with Gasteiger partial charge < -0.3 is 15.5 Å². The first-order valence-corrected chi connectivity index (χ1v) is 11.8. The molecular formula is C25H26Cl2FN5O. The van der Waals surface area contributed by atoms with E-state index in [9.17, 15) is 9.18 Å². The number of para-hydroxylation sites is 1. The largest absolute Gasteiger partial charge is 0.355 e. The third-order valence-electron chi connectivity index (χ3n) is 6.05. The molecule has 4 rings (SSSR count). The maximum atomic E-state index is 13.7. The Kier molecular flexibility index (Phi) is 7.26. The standard InChI is InChI=1S/C25H26Cl2FN5O/c1-4-17(13-29-2)32(3)22-12-21-18(23(31-22)15-8-10-16(28)11-9-15)14-30-25(34)33(21)24-19(26)6-5-7-20(24)27/h5-12,17,29H,4,13-14H2,1-3H3,(H,30,34). The van der Waals surface area contributed by atoms with Gasteiger partial charge in [-0.05, 0) is 49.9 Å². The summed E-state index contributed by atoms with van der Waals surface area (Å²) in [6.45, 7) is 3.14. The van der Waals surface area contributed by atoms with Crippen LogP contribution in [0.5, 0.6) is 0 Å². The number of halogens is 3. The molecule has 1 atom stereocenters. The molecule has 1 aliphatic rings. The Labute approximate surface area is 208 Å². The lowest BCUT2D eigenvalue weighted by molar-refractivity contribution is 0.247. The van der Waals surface area contributed by atoms with Crippen molar-refractivity contribution < 1.29 is 9.18 Å². The molecule has 1 unspecified atom stereocenters. The zero-order chi connectivity index (χ0) is 24.4. The molecule has 6 nitrogen and oxygen atoms in total. The summed E-state index contributed by atoms with van der Waals surface area (Å²) in [5.74, 6) is 0.354. The molecule has 0 aliphatic carbocycles. The van der Waals surface area contributed by atoms with Gasteiger partial charge in [-0.3, -0.25) is 4.90 Å². The molecule has 0 fully saturated rings. The first-order chi connectivity index (χ1) is 16.3. The lowest BCUT2D eigenvalue weighted by atomic mass is 10.0. The minimum atomic E-state index is -0.338. The van der Waals surface area contributed by atoms with Gasteiger partial charge in [0.05, 0.1) is 27.1 Å². The van der Waals surface area contributed by atoms with Crippen LogP contribution in [0.3, 0.4) is 0 Å². The highest BCUT2D eigenvalue weighted by Crippen LogP contribution is 2.44. The third kappa shape index (κ3) is 4.56. The number of likely N-dealkylation sites (N-methyl/N-ethyl adjacent to an activating group) is 2. The molecule has 1 aromatic heterocycles. The monoisotopic (exact) mass is 501 g/mol. The van der Waals surface area contributed by atoms with Crippen molar-refractivity contribution in [1.82, 2.24) is 15.6 Å². The predicted molar refractivity (Wildman–Crippen MR) is 137 cm³/mol. The van der Waals surface area contributed by atoms with Crippen LogP contribution in [0.15, 0.2) is 48.5 Å². The second-order valence-corrected chi connectivity index (χ2v) is 8.94. The van der Waals surface area contributed by atoms with E-state index in [4.69, 9.17) is 28.2 Å². The van der Waals surface area contributed by atoms with Crippen molar-refractivity contribution in [3.8, 4) is 11.3 Å². The lowest BCUT2D eigenvalue weighted by Gasteiger charge is -2.35. The van der Waals surface area contributed by atoms with Crippen molar-refractivity contribution in [1.29, 1.82) is 0 Å². The molecule has 0 spiro atoms. The van der Waals surface area contributed by atoms with Crippen LogP contribution in [0.25, 0.3) is 11.3 Å². The van der Waals surface area contributed by atoms with Crippen LogP contribution in [0.2, 0.25) is 10.0 Å². The Morgan fingerprint density at radius 2 is 1.88 bits per heavy atom. The fourth-order valence-corrected chi connectivity index (χ4v) is 4.77. The summed E-state index contributed by atoms with van der Waals surface area (Å²) in [4.78, 5) is 21.7. The van der Waals surface area contributed by atoms with Crippen LogP contribution in [0, 0.1) is 5.82 Å². The van der Waals surface area contributed by atoms with Gasteiger partial charge >= 0.3 is 6.03 Å².